The number of hydrogen-bond donors (Lipinski definition) is 0. The third-order valence-electron chi connectivity index (χ3n) is 5.93. The second kappa shape index (κ2) is 6.01. The number of fused-ring (bicyclic) bond motifs is 2. The summed E-state index contributed by atoms with van der Waals surface area (Å²) in [4.78, 5) is 35.7. The number of cyclic esters (lactones) is 1. The van der Waals surface area contributed by atoms with Gasteiger partial charge in [0.15, 0.2) is 0 Å². The Morgan fingerprint density at radius 2 is 2.14 bits per heavy atom. The molecule has 1 aliphatic heterocycles. The van der Waals surface area contributed by atoms with Gasteiger partial charge in [-0.1, -0.05) is 0 Å². The summed E-state index contributed by atoms with van der Waals surface area (Å²) in [5, 5.41) is 0. The van der Waals surface area contributed by atoms with Crippen LogP contribution in [-0.4, -0.2) is 30.9 Å². The highest BCUT2D eigenvalue weighted by atomic mass is 16.6. The van der Waals surface area contributed by atoms with Crippen LogP contribution < -0.4 is 0 Å². The van der Waals surface area contributed by atoms with E-state index in [0.29, 0.717) is 6.61 Å². The van der Waals surface area contributed by atoms with Crippen molar-refractivity contribution in [1.29, 1.82) is 0 Å². The van der Waals surface area contributed by atoms with Gasteiger partial charge in [-0.3, -0.25) is 9.59 Å². The first-order valence-corrected chi connectivity index (χ1v) is 8.39. The number of aldehydes is 1. The zero-order valence-electron chi connectivity index (χ0n) is 13.2. The summed E-state index contributed by atoms with van der Waals surface area (Å²) in [7, 11) is 0. The van der Waals surface area contributed by atoms with E-state index >= 15 is 0 Å². The molecular formula is C17H24O5. The van der Waals surface area contributed by atoms with Crippen molar-refractivity contribution in [1.82, 2.24) is 0 Å². The van der Waals surface area contributed by atoms with Gasteiger partial charge in [0.05, 0.1) is 18.4 Å². The predicted octanol–water partition coefficient (Wildman–Crippen LogP) is 1.98. The van der Waals surface area contributed by atoms with Crippen LogP contribution in [0.2, 0.25) is 0 Å². The average molecular weight is 308 g/mol. The molecule has 0 aromatic heterocycles. The van der Waals surface area contributed by atoms with E-state index in [2.05, 4.69) is 0 Å². The molecule has 0 aromatic carbocycles. The van der Waals surface area contributed by atoms with Gasteiger partial charge in [0.2, 0.25) is 0 Å². The highest BCUT2D eigenvalue weighted by Crippen LogP contribution is 2.53. The van der Waals surface area contributed by atoms with Gasteiger partial charge in [0.1, 0.15) is 12.4 Å². The zero-order chi connectivity index (χ0) is 15.9. The van der Waals surface area contributed by atoms with E-state index in [0.717, 1.165) is 32.0 Å². The van der Waals surface area contributed by atoms with E-state index in [9.17, 15) is 14.4 Å². The minimum absolute atomic E-state index is 0.0189. The molecule has 2 saturated carbocycles. The Labute approximate surface area is 130 Å². The van der Waals surface area contributed by atoms with Crippen molar-refractivity contribution in [3.63, 3.8) is 0 Å². The molecule has 3 rings (SSSR count). The van der Waals surface area contributed by atoms with Crippen LogP contribution in [0.25, 0.3) is 0 Å². The van der Waals surface area contributed by atoms with Gasteiger partial charge in [-0.2, -0.15) is 0 Å². The predicted molar refractivity (Wildman–Crippen MR) is 77.7 cm³/mol. The van der Waals surface area contributed by atoms with E-state index in [4.69, 9.17) is 9.47 Å². The molecule has 122 valence electrons. The number of rotatable bonds is 3. The number of carbonyl (C=O) groups excluding carboxylic acids is 3. The van der Waals surface area contributed by atoms with E-state index in [1.54, 1.807) is 0 Å². The van der Waals surface area contributed by atoms with Gasteiger partial charge in [-0.15, -0.1) is 0 Å². The van der Waals surface area contributed by atoms with Gasteiger partial charge >= 0.3 is 11.9 Å². The second-order valence-corrected chi connectivity index (χ2v) is 6.96. The molecule has 5 nitrogen and oxygen atoms in total. The summed E-state index contributed by atoms with van der Waals surface area (Å²) < 4.78 is 10.5. The highest BCUT2D eigenvalue weighted by Gasteiger charge is 2.55. The van der Waals surface area contributed by atoms with Gasteiger partial charge in [-0.05, 0) is 51.4 Å². The molecule has 22 heavy (non-hydrogen) atoms. The highest BCUT2D eigenvalue weighted by molar-refractivity contribution is 5.77. The third kappa shape index (κ3) is 2.44. The molecule has 5 heteroatoms. The number of esters is 2. The Balaban J connectivity index is 1.77. The van der Waals surface area contributed by atoms with E-state index in [1.165, 1.54) is 0 Å². The zero-order valence-corrected chi connectivity index (χ0v) is 13.2. The fraction of sp³-hybridized carbons (Fsp3) is 0.824. The van der Waals surface area contributed by atoms with Gasteiger partial charge in [-0.25, -0.2) is 0 Å². The minimum atomic E-state index is -0.174. The van der Waals surface area contributed by atoms with Crippen molar-refractivity contribution in [2.75, 3.05) is 6.61 Å². The van der Waals surface area contributed by atoms with Crippen molar-refractivity contribution >= 4 is 18.2 Å². The second-order valence-electron chi connectivity index (χ2n) is 6.96. The van der Waals surface area contributed by atoms with Crippen LogP contribution in [0.15, 0.2) is 0 Å². The van der Waals surface area contributed by atoms with Gasteiger partial charge in [0, 0.05) is 11.8 Å². The van der Waals surface area contributed by atoms with E-state index < -0.39 is 0 Å². The Morgan fingerprint density at radius 3 is 2.82 bits per heavy atom. The maximum absolute atomic E-state index is 12.0. The summed E-state index contributed by atoms with van der Waals surface area (Å²) in [5.74, 6) is -0.126. The normalized spacial score (nSPS) is 43.7. The molecule has 3 fully saturated rings. The van der Waals surface area contributed by atoms with E-state index in [1.807, 2.05) is 13.8 Å². The smallest absolute Gasteiger partial charge is 0.309 e. The Bertz CT molecular complexity index is 474. The van der Waals surface area contributed by atoms with Crippen LogP contribution in [-0.2, 0) is 23.9 Å². The molecule has 3 aliphatic rings. The Kier molecular flexibility index (Phi) is 4.24. The number of hydrogen-bond acceptors (Lipinski definition) is 5. The lowest BCUT2D eigenvalue weighted by atomic mass is 9.56. The van der Waals surface area contributed by atoms with Crippen LogP contribution >= 0.6 is 0 Å². The van der Waals surface area contributed by atoms with Crippen molar-refractivity contribution in [2.45, 2.75) is 45.6 Å². The molecule has 7 atom stereocenters. The quantitative estimate of drug-likeness (QED) is 0.589. The lowest BCUT2D eigenvalue weighted by molar-refractivity contribution is -0.151. The number of ether oxygens (including phenoxy) is 2. The van der Waals surface area contributed by atoms with Gasteiger partial charge < -0.3 is 14.3 Å². The summed E-state index contributed by atoms with van der Waals surface area (Å²) in [6.07, 6.45) is 3.98. The topological polar surface area (TPSA) is 69.7 Å². The van der Waals surface area contributed by atoms with Crippen LogP contribution in [0.4, 0.5) is 0 Å². The molecule has 0 spiro atoms. The Morgan fingerprint density at radius 1 is 1.36 bits per heavy atom. The molecular weight excluding hydrogens is 284 g/mol. The molecule has 0 N–H and O–H groups in total. The summed E-state index contributed by atoms with van der Waals surface area (Å²) in [6, 6.07) is 0. The van der Waals surface area contributed by atoms with Crippen LogP contribution in [0.1, 0.15) is 39.5 Å². The summed E-state index contributed by atoms with van der Waals surface area (Å²) >= 11 is 0. The first-order chi connectivity index (χ1) is 10.6. The molecule has 0 aromatic rings. The van der Waals surface area contributed by atoms with Crippen LogP contribution in [0.3, 0.4) is 0 Å². The first-order valence-electron chi connectivity index (χ1n) is 8.39. The van der Waals surface area contributed by atoms with Crippen molar-refractivity contribution in [2.24, 2.45) is 35.5 Å². The standard InChI is InChI=1S/C17H24O5/c1-3-21-16(19)10-4-5-12-11(6-10)7-13-15(14(12)8-18)9(2)22-17(13)20/h8-15H,3-7H2,1-2H3/t9-,10-,11+,12-,13-,14+,15-/m1/s1. The summed E-state index contributed by atoms with van der Waals surface area (Å²) in [5.41, 5.74) is 0. The summed E-state index contributed by atoms with van der Waals surface area (Å²) in [6.45, 7) is 4.10. The first kappa shape index (κ1) is 15.5. The van der Waals surface area contributed by atoms with E-state index in [-0.39, 0.29) is 53.6 Å². The monoisotopic (exact) mass is 308 g/mol. The molecule has 0 unspecified atom stereocenters. The lowest BCUT2D eigenvalue weighted by Crippen LogP contribution is -2.46. The van der Waals surface area contributed by atoms with Crippen molar-refractivity contribution < 1.29 is 23.9 Å². The molecule has 2 aliphatic carbocycles. The largest absolute Gasteiger partial charge is 0.466 e. The molecule has 0 amide bonds. The van der Waals surface area contributed by atoms with Crippen LogP contribution in [0, 0.1) is 35.5 Å². The molecule has 1 heterocycles. The van der Waals surface area contributed by atoms with Crippen LogP contribution in [0.5, 0.6) is 0 Å². The number of carbonyl (C=O) groups is 3. The van der Waals surface area contributed by atoms with Crippen molar-refractivity contribution in [3.8, 4) is 0 Å². The van der Waals surface area contributed by atoms with Crippen molar-refractivity contribution in [3.05, 3.63) is 0 Å². The fourth-order valence-electron chi connectivity index (χ4n) is 5.01. The minimum Gasteiger partial charge on any atom is -0.466 e. The average Bonchev–Trinajstić information content (AvgIpc) is 2.79. The van der Waals surface area contributed by atoms with Gasteiger partial charge in [0.25, 0.3) is 0 Å². The third-order valence-corrected chi connectivity index (χ3v) is 5.93. The SMILES string of the molecule is CCOC(=O)[C@@H]1CC[C@@H]2[C@@H](C1)C[C@H]1C(=O)O[C@H](C)[C@H]1[C@H]2C=O. The molecule has 0 radical (unpaired) electrons. The fourth-order valence-corrected chi connectivity index (χ4v) is 5.01. The maximum Gasteiger partial charge on any atom is 0.309 e. The molecule has 1 saturated heterocycles. The lowest BCUT2D eigenvalue weighted by Gasteiger charge is -2.46. The Hall–Kier alpha value is -1.39. The molecule has 0 bridgehead atoms. The maximum atomic E-state index is 12.0.